The first-order valence-electron chi connectivity index (χ1n) is 12.1. The van der Waals surface area contributed by atoms with Gasteiger partial charge in [0.25, 0.3) is 10.0 Å². The van der Waals surface area contributed by atoms with E-state index < -0.39 is 16.1 Å². The van der Waals surface area contributed by atoms with Gasteiger partial charge in [0, 0.05) is 24.7 Å². The lowest BCUT2D eigenvalue weighted by molar-refractivity contribution is 0.134. The molecule has 3 aromatic rings. The fourth-order valence-corrected chi connectivity index (χ4v) is 5.93. The van der Waals surface area contributed by atoms with E-state index in [1.54, 1.807) is 18.2 Å². The monoisotopic (exact) mass is 544 g/mol. The van der Waals surface area contributed by atoms with Gasteiger partial charge < -0.3 is 15.1 Å². The van der Waals surface area contributed by atoms with Crippen LogP contribution < -0.4 is 4.31 Å². The third-order valence-electron chi connectivity index (χ3n) is 5.89. The molecule has 3 rings (SSSR count). The van der Waals surface area contributed by atoms with E-state index in [9.17, 15) is 23.4 Å². The van der Waals surface area contributed by atoms with E-state index in [-0.39, 0.29) is 47.8 Å². The fourth-order valence-electron chi connectivity index (χ4n) is 4.17. The summed E-state index contributed by atoms with van der Waals surface area (Å²) in [4.78, 5) is 13.3. The van der Waals surface area contributed by atoms with Crippen molar-refractivity contribution < 1.29 is 23.4 Å². The molecule has 0 fully saturated rings. The van der Waals surface area contributed by atoms with Crippen LogP contribution in [0, 0.1) is 11.8 Å². The molecule has 0 aliphatic heterocycles. The van der Waals surface area contributed by atoms with E-state index in [4.69, 9.17) is 11.6 Å². The summed E-state index contributed by atoms with van der Waals surface area (Å²) in [7, 11) is -3.97. The average molecular weight is 545 g/mol. The number of rotatable bonds is 11. The van der Waals surface area contributed by atoms with Gasteiger partial charge in [0.2, 0.25) is 0 Å². The van der Waals surface area contributed by atoms with Crippen molar-refractivity contribution in [3.05, 3.63) is 88.9 Å². The maximum Gasteiger partial charge on any atom is 0.407 e. The summed E-state index contributed by atoms with van der Waals surface area (Å²) in [5, 5.41) is 21.3. The van der Waals surface area contributed by atoms with Crippen molar-refractivity contribution in [2.45, 2.75) is 38.6 Å². The molecule has 0 radical (unpaired) electrons. The summed E-state index contributed by atoms with van der Waals surface area (Å²) >= 11 is 5.95. The summed E-state index contributed by atoms with van der Waals surface area (Å²) in [5.74, 6) is -0.268. The summed E-state index contributed by atoms with van der Waals surface area (Å²) in [5.41, 5.74) is 1.63. The lowest BCUT2D eigenvalue weighted by atomic mass is 9.99. The normalized spacial score (nSPS) is 12.4. The zero-order valence-electron chi connectivity index (χ0n) is 21.2. The summed E-state index contributed by atoms with van der Waals surface area (Å²) < 4.78 is 28.3. The van der Waals surface area contributed by atoms with Crippen LogP contribution in [0.15, 0.2) is 77.7 Å². The SMILES string of the molecule is CC(C)CN(c1cccc(C[C@@H](C)CN(Cc2ccccc2)C(=O)O)c1O)S(=O)(=O)c1ccc(Cl)cc1. The minimum absolute atomic E-state index is 0.00818. The zero-order chi connectivity index (χ0) is 27.2. The standard InChI is InChI=1S/C28H33ClN2O5S/c1-20(2)17-31(37(35,36)25-14-12-24(29)13-15-25)26-11-7-10-23(27(26)32)16-21(3)18-30(28(33)34)19-22-8-5-4-6-9-22/h4-15,20-21,32H,16-19H2,1-3H3,(H,33,34)/t21-/m1/s1. The van der Waals surface area contributed by atoms with Crippen molar-refractivity contribution in [1.82, 2.24) is 4.90 Å². The Morgan fingerprint density at radius 3 is 2.16 bits per heavy atom. The van der Waals surface area contributed by atoms with E-state index >= 15 is 0 Å². The lowest BCUT2D eigenvalue weighted by Crippen LogP contribution is -2.34. The Bertz CT molecular complexity index is 1300. The minimum Gasteiger partial charge on any atom is -0.505 e. The van der Waals surface area contributed by atoms with Crippen molar-refractivity contribution in [3.63, 3.8) is 0 Å². The highest BCUT2D eigenvalue weighted by molar-refractivity contribution is 7.92. The van der Waals surface area contributed by atoms with Crippen molar-refractivity contribution in [3.8, 4) is 5.75 Å². The molecular formula is C28H33ClN2O5S. The van der Waals surface area contributed by atoms with Gasteiger partial charge in [0.15, 0.2) is 0 Å². The number of phenols is 1. The van der Waals surface area contributed by atoms with Gasteiger partial charge in [-0.15, -0.1) is 0 Å². The predicted octanol–water partition coefficient (Wildman–Crippen LogP) is 6.26. The minimum atomic E-state index is -3.97. The summed E-state index contributed by atoms with van der Waals surface area (Å²) in [6, 6.07) is 20.3. The van der Waals surface area contributed by atoms with Gasteiger partial charge in [-0.1, -0.05) is 74.8 Å². The van der Waals surface area contributed by atoms with E-state index in [0.717, 1.165) is 5.56 Å². The first-order chi connectivity index (χ1) is 17.5. The Hall–Kier alpha value is -3.23. The van der Waals surface area contributed by atoms with Crippen molar-refractivity contribution >= 4 is 33.4 Å². The average Bonchev–Trinajstić information content (AvgIpc) is 2.84. The number of carbonyl (C=O) groups is 1. The highest BCUT2D eigenvalue weighted by Gasteiger charge is 2.29. The molecule has 3 aromatic carbocycles. The van der Waals surface area contributed by atoms with Crippen molar-refractivity contribution in [1.29, 1.82) is 0 Å². The smallest absolute Gasteiger partial charge is 0.407 e. The molecule has 0 aromatic heterocycles. The Labute approximate surface area is 224 Å². The Morgan fingerprint density at radius 2 is 1.57 bits per heavy atom. The molecule has 0 bridgehead atoms. The van der Waals surface area contributed by atoms with Gasteiger partial charge in [-0.05, 0) is 59.7 Å². The number of benzene rings is 3. The number of anilines is 1. The third-order valence-corrected chi connectivity index (χ3v) is 7.93. The largest absolute Gasteiger partial charge is 0.505 e. The number of nitrogens with zero attached hydrogens (tertiary/aromatic N) is 2. The number of carboxylic acid groups (broad SMARTS) is 1. The number of hydrogen-bond donors (Lipinski definition) is 2. The molecule has 37 heavy (non-hydrogen) atoms. The highest BCUT2D eigenvalue weighted by atomic mass is 35.5. The number of amides is 1. The molecule has 7 nitrogen and oxygen atoms in total. The second-order valence-electron chi connectivity index (χ2n) is 9.63. The van der Waals surface area contributed by atoms with Crippen LogP contribution in [0.2, 0.25) is 5.02 Å². The molecule has 198 valence electrons. The lowest BCUT2D eigenvalue weighted by Gasteiger charge is -2.28. The second-order valence-corrected chi connectivity index (χ2v) is 11.9. The molecule has 9 heteroatoms. The van der Waals surface area contributed by atoms with Gasteiger partial charge in [-0.2, -0.15) is 0 Å². The Kier molecular flexibility index (Phi) is 9.45. The van der Waals surface area contributed by atoms with E-state index in [1.165, 1.54) is 33.5 Å². The third kappa shape index (κ3) is 7.40. The van der Waals surface area contributed by atoms with Crippen LogP contribution in [-0.2, 0) is 23.0 Å². The van der Waals surface area contributed by atoms with Crippen molar-refractivity contribution in [2.24, 2.45) is 11.8 Å². The molecule has 0 saturated heterocycles. The molecular weight excluding hydrogens is 512 g/mol. The topological polar surface area (TPSA) is 98.2 Å². The summed E-state index contributed by atoms with van der Waals surface area (Å²) in [6.45, 7) is 6.40. The number of phenolic OH excluding ortho intramolecular Hbond substituents is 1. The molecule has 0 aliphatic carbocycles. The van der Waals surface area contributed by atoms with E-state index in [2.05, 4.69) is 0 Å². The zero-order valence-corrected chi connectivity index (χ0v) is 22.8. The Morgan fingerprint density at radius 1 is 0.919 bits per heavy atom. The number of para-hydroxylation sites is 1. The first kappa shape index (κ1) is 28.3. The van der Waals surface area contributed by atoms with Gasteiger partial charge in [-0.3, -0.25) is 4.31 Å². The van der Waals surface area contributed by atoms with Crippen LogP contribution in [0.3, 0.4) is 0 Å². The number of hydrogen-bond acceptors (Lipinski definition) is 4. The van der Waals surface area contributed by atoms with Gasteiger partial charge in [0.1, 0.15) is 5.75 Å². The van der Waals surface area contributed by atoms with Crippen LogP contribution in [-0.4, -0.2) is 42.7 Å². The van der Waals surface area contributed by atoms with Crippen molar-refractivity contribution in [2.75, 3.05) is 17.4 Å². The Balaban J connectivity index is 1.86. The number of halogens is 1. The highest BCUT2D eigenvalue weighted by Crippen LogP contribution is 2.36. The molecule has 0 heterocycles. The van der Waals surface area contributed by atoms with E-state index in [0.29, 0.717) is 17.0 Å². The summed E-state index contributed by atoms with van der Waals surface area (Å²) in [6.07, 6.45) is -0.653. The molecule has 0 saturated carbocycles. The van der Waals surface area contributed by atoms with Crippen LogP contribution in [0.4, 0.5) is 10.5 Å². The van der Waals surface area contributed by atoms with Gasteiger partial charge >= 0.3 is 6.09 Å². The predicted molar refractivity (Wildman–Crippen MR) is 147 cm³/mol. The van der Waals surface area contributed by atoms with Crippen LogP contribution in [0.25, 0.3) is 0 Å². The first-order valence-corrected chi connectivity index (χ1v) is 13.9. The van der Waals surface area contributed by atoms with Crippen LogP contribution >= 0.6 is 11.6 Å². The van der Waals surface area contributed by atoms with Gasteiger partial charge in [0.05, 0.1) is 10.6 Å². The maximum absolute atomic E-state index is 13.6. The second kappa shape index (κ2) is 12.3. The molecule has 0 aliphatic rings. The van der Waals surface area contributed by atoms with Gasteiger partial charge in [-0.25, -0.2) is 13.2 Å². The molecule has 1 atom stereocenters. The molecule has 0 spiro atoms. The number of sulfonamides is 1. The molecule has 0 unspecified atom stereocenters. The van der Waals surface area contributed by atoms with Crippen LogP contribution in [0.1, 0.15) is 31.9 Å². The van der Waals surface area contributed by atoms with Crippen LogP contribution in [0.5, 0.6) is 5.75 Å². The maximum atomic E-state index is 13.6. The number of aromatic hydroxyl groups is 1. The fraction of sp³-hybridized carbons (Fsp3) is 0.321. The molecule has 1 amide bonds. The van der Waals surface area contributed by atoms with E-state index in [1.807, 2.05) is 51.1 Å². The molecule has 2 N–H and O–H groups in total. The quantitative estimate of drug-likeness (QED) is 0.297.